The van der Waals surface area contributed by atoms with Crippen LogP contribution in [0.1, 0.15) is 16.9 Å². The minimum absolute atomic E-state index is 0.0254. The lowest BCUT2D eigenvalue weighted by Crippen LogP contribution is -2.17. The molecule has 5 nitrogen and oxygen atoms in total. The minimum atomic E-state index is -3.00. The van der Waals surface area contributed by atoms with Crippen LogP contribution < -0.4 is 0 Å². The quantitative estimate of drug-likeness (QED) is 0.670. The van der Waals surface area contributed by atoms with E-state index in [1.807, 2.05) is 0 Å². The van der Waals surface area contributed by atoms with Crippen molar-refractivity contribution < 1.29 is 13.2 Å². The Labute approximate surface area is 88.0 Å². The van der Waals surface area contributed by atoms with Crippen molar-refractivity contribution in [2.24, 2.45) is 13.0 Å². The number of rotatable bonds is 2. The lowest BCUT2D eigenvalue weighted by molar-refractivity contribution is 0.0927. The highest BCUT2D eigenvalue weighted by molar-refractivity contribution is 7.91. The predicted molar refractivity (Wildman–Crippen MR) is 54.3 cm³/mol. The molecular weight excluding hydrogens is 216 g/mol. The molecule has 0 aliphatic carbocycles. The molecule has 82 valence electrons. The van der Waals surface area contributed by atoms with Crippen LogP contribution >= 0.6 is 0 Å². The molecule has 0 N–H and O–H groups in total. The molecule has 0 radical (unpaired) electrons. The smallest absolute Gasteiger partial charge is 0.187 e. The van der Waals surface area contributed by atoms with Crippen molar-refractivity contribution in [3.63, 3.8) is 0 Å². The lowest BCUT2D eigenvalue weighted by atomic mass is 10.0. The second-order valence-corrected chi connectivity index (χ2v) is 6.07. The monoisotopic (exact) mass is 228 g/mol. The number of hydrogen-bond acceptors (Lipinski definition) is 4. The Kier molecular flexibility index (Phi) is 2.38. The van der Waals surface area contributed by atoms with Crippen molar-refractivity contribution >= 4 is 15.6 Å². The number of nitrogens with zero attached hydrogens (tertiary/aromatic N) is 2. The molecule has 1 aliphatic rings. The topological polar surface area (TPSA) is 69.0 Å². The lowest BCUT2D eigenvalue weighted by Gasteiger charge is -2.02. The number of aryl methyl sites for hydroxylation is 1. The van der Waals surface area contributed by atoms with Crippen molar-refractivity contribution in [1.82, 2.24) is 9.78 Å². The zero-order valence-corrected chi connectivity index (χ0v) is 9.20. The van der Waals surface area contributed by atoms with Gasteiger partial charge in [0.25, 0.3) is 0 Å². The summed E-state index contributed by atoms with van der Waals surface area (Å²) in [6, 6.07) is 1.62. The Morgan fingerprint density at radius 1 is 1.60 bits per heavy atom. The average Bonchev–Trinajstić information content (AvgIpc) is 2.71. The summed E-state index contributed by atoms with van der Waals surface area (Å²) in [7, 11) is -1.27. The van der Waals surface area contributed by atoms with Crippen LogP contribution in [0.25, 0.3) is 0 Å². The summed E-state index contributed by atoms with van der Waals surface area (Å²) in [5.74, 6) is -0.458. The second kappa shape index (κ2) is 3.44. The van der Waals surface area contributed by atoms with E-state index in [0.29, 0.717) is 12.1 Å². The molecule has 2 rings (SSSR count). The minimum Gasteiger partial charge on any atom is -0.292 e. The molecule has 1 aromatic heterocycles. The summed E-state index contributed by atoms with van der Waals surface area (Å²) in [5.41, 5.74) is 0.361. The number of aromatic nitrogens is 2. The Morgan fingerprint density at radius 3 is 2.80 bits per heavy atom. The highest BCUT2D eigenvalue weighted by atomic mass is 32.2. The maximum absolute atomic E-state index is 11.8. The van der Waals surface area contributed by atoms with Crippen LogP contribution in [-0.4, -0.2) is 35.5 Å². The number of sulfone groups is 1. The maximum Gasteiger partial charge on any atom is 0.187 e. The molecule has 0 aromatic carbocycles. The summed E-state index contributed by atoms with van der Waals surface area (Å²) >= 11 is 0. The van der Waals surface area contributed by atoms with E-state index in [1.54, 1.807) is 19.3 Å². The predicted octanol–water partition coefficient (Wildman–Crippen LogP) is 0.0375. The van der Waals surface area contributed by atoms with E-state index in [1.165, 1.54) is 4.68 Å². The van der Waals surface area contributed by atoms with Crippen molar-refractivity contribution in [3.05, 3.63) is 18.0 Å². The molecular formula is C9H12N2O3S. The fourth-order valence-corrected chi connectivity index (χ4v) is 3.50. The molecule has 1 aromatic rings. The number of ketones is 1. The van der Waals surface area contributed by atoms with Gasteiger partial charge in [0.1, 0.15) is 5.69 Å². The first-order valence-electron chi connectivity index (χ1n) is 4.72. The van der Waals surface area contributed by atoms with Crippen molar-refractivity contribution in [1.29, 1.82) is 0 Å². The molecule has 0 bridgehead atoms. The standard InChI is InChI=1S/C9H12N2O3S/c1-11-4-2-8(10-11)9(12)7-3-5-15(13,14)6-7/h2,4,7H,3,5-6H2,1H3. The molecule has 1 fully saturated rings. The molecule has 1 saturated heterocycles. The van der Waals surface area contributed by atoms with Gasteiger partial charge in [0.2, 0.25) is 0 Å². The molecule has 0 spiro atoms. The van der Waals surface area contributed by atoms with Crippen molar-refractivity contribution in [2.45, 2.75) is 6.42 Å². The van der Waals surface area contributed by atoms with Crippen molar-refractivity contribution in [3.8, 4) is 0 Å². The summed E-state index contributed by atoms with van der Waals surface area (Å²) < 4.78 is 23.9. The maximum atomic E-state index is 11.8. The van der Waals surface area contributed by atoms with Crippen LogP contribution in [0.15, 0.2) is 12.3 Å². The fraction of sp³-hybridized carbons (Fsp3) is 0.556. The summed E-state index contributed by atoms with van der Waals surface area (Å²) in [4.78, 5) is 11.8. The largest absolute Gasteiger partial charge is 0.292 e. The molecule has 1 aliphatic heterocycles. The second-order valence-electron chi connectivity index (χ2n) is 3.84. The van der Waals surface area contributed by atoms with Gasteiger partial charge in [-0.1, -0.05) is 0 Å². The third-order valence-corrected chi connectivity index (χ3v) is 4.34. The van der Waals surface area contributed by atoms with Crippen LogP contribution in [0, 0.1) is 5.92 Å². The number of Topliss-reactive ketones (excluding diaryl/α,β-unsaturated/α-hetero) is 1. The first kappa shape index (κ1) is 10.4. The third kappa shape index (κ3) is 2.09. The number of carbonyl (C=O) groups excluding carboxylic acids is 1. The van der Waals surface area contributed by atoms with Gasteiger partial charge in [0.05, 0.1) is 11.5 Å². The summed E-state index contributed by atoms with van der Waals surface area (Å²) in [5, 5.41) is 3.98. The molecule has 1 unspecified atom stereocenters. The molecule has 2 heterocycles. The first-order chi connectivity index (χ1) is 6.98. The van der Waals surface area contributed by atoms with E-state index >= 15 is 0 Å². The van der Waals surface area contributed by atoms with E-state index in [0.717, 1.165) is 0 Å². The zero-order chi connectivity index (χ0) is 11.1. The molecule has 6 heteroatoms. The van der Waals surface area contributed by atoms with Gasteiger partial charge in [-0.25, -0.2) is 8.42 Å². The molecule has 0 saturated carbocycles. The third-order valence-electron chi connectivity index (χ3n) is 2.57. The van der Waals surface area contributed by atoms with Crippen LogP contribution in [-0.2, 0) is 16.9 Å². The highest BCUT2D eigenvalue weighted by Crippen LogP contribution is 2.21. The molecule has 0 amide bonds. The SMILES string of the molecule is Cn1ccc(C(=O)C2CCS(=O)(=O)C2)n1. The van der Waals surface area contributed by atoms with E-state index in [-0.39, 0.29) is 17.3 Å². The van der Waals surface area contributed by atoms with Crippen LogP contribution in [0.4, 0.5) is 0 Å². The van der Waals surface area contributed by atoms with Gasteiger partial charge in [0.15, 0.2) is 15.6 Å². The zero-order valence-electron chi connectivity index (χ0n) is 8.38. The Hall–Kier alpha value is -1.17. The average molecular weight is 228 g/mol. The van der Waals surface area contributed by atoms with Crippen LogP contribution in [0.5, 0.6) is 0 Å². The van der Waals surface area contributed by atoms with Gasteiger partial charge >= 0.3 is 0 Å². The van der Waals surface area contributed by atoms with E-state index < -0.39 is 15.8 Å². The molecule has 15 heavy (non-hydrogen) atoms. The van der Waals surface area contributed by atoms with E-state index in [4.69, 9.17) is 0 Å². The van der Waals surface area contributed by atoms with Crippen molar-refractivity contribution in [2.75, 3.05) is 11.5 Å². The first-order valence-corrected chi connectivity index (χ1v) is 6.54. The van der Waals surface area contributed by atoms with Gasteiger partial charge in [-0.05, 0) is 12.5 Å². The molecule has 1 atom stereocenters. The van der Waals surface area contributed by atoms with Gasteiger partial charge in [-0.2, -0.15) is 5.10 Å². The highest BCUT2D eigenvalue weighted by Gasteiger charge is 2.34. The summed E-state index contributed by atoms with van der Waals surface area (Å²) in [6.07, 6.45) is 2.11. The van der Waals surface area contributed by atoms with Crippen LogP contribution in [0.3, 0.4) is 0 Å². The van der Waals surface area contributed by atoms with E-state index in [9.17, 15) is 13.2 Å². The van der Waals surface area contributed by atoms with Gasteiger partial charge in [-0.3, -0.25) is 9.48 Å². The number of hydrogen-bond donors (Lipinski definition) is 0. The number of carbonyl (C=O) groups is 1. The fourth-order valence-electron chi connectivity index (χ4n) is 1.76. The van der Waals surface area contributed by atoms with Crippen LogP contribution in [0.2, 0.25) is 0 Å². The Morgan fingerprint density at radius 2 is 2.33 bits per heavy atom. The normalized spacial score (nSPS) is 24.2. The Balaban J connectivity index is 2.17. The Bertz CT molecular complexity index is 489. The van der Waals surface area contributed by atoms with Gasteiger partial charge in [0, 0.05) is 19.2 Å². The van der Waals surface area contributed by atoms with Gasteiger partial charge in [-0.15, -0.1) is 0 Å². The van der Waals surface area contributed by atoms with Gasteiger partial charge < -0.3 is 0 Å². The van der Waals surface area contributed by atoms with E-state index in [2.05, 4.69) is 5.10 Å². The summed E-state index contributed by atoms with van der Waals surface area (Å²) in [6.45, 7) is 0.